The van der Waals surface area contributed by atoms with Gasteiger partial charge in [0, 0.05) is 6.42 Å². The quantitative estimate of drug-likeness (QED) is 0.201. The second-order valence-electron chi connectivity index (χ2n) is 10.8. The number of alkyl carbamates (subject to hydrolysis) is 1. The number of nitrogens with one attached hydrogen (secondary N) is 1. The second kappa shape index (κ2) is 14.7. The molecule has 1 N–H and O–H groups in total. The summed E-state index contributed by atoms with van der Waals surface area (Å²) in [4.78, 5) is 25.3. The molecule has 0 saturated carbocycles. The summed E-state index contributed by atoms with van der Waals surface area (Å²) < 4.78 is 33.3. The Labute approximate surface area is 247 Å². The molecular weight excluding hydrogens is 538 g/mol. The number of carbonyl (C=O) groups is 2. The molecule has 0 bridgehead atoms. The number of hydrogen-bond donors (Lipinski definition) is 1. The number of benzene rings is 3. The van der Waals surface area contributed by atoms with Crippen LogP contribution in [0.1, 0.15) is 66.7 Å². The smallest absolute Gasteiger partial charge is 0.408 e. The summed E-state index contributed by atoms with van der Waals surface area (Å²) in [5.41, 5.74) is 2.29. The van der Waals surface area contributed by atoms with E-state index in [0.717, 1.165) is 16.7 Å². The van der Waals surface area contributed by atoms with Crippen LogP contribution in [0.25, 0.3) is 0 Å². The van der Waals surface area contributed by atoms with Crippen molar-refractivity contribution in [2.45, 2.75) is 58.2 Å². The summed E-state index contributed by atoms with van der Waals surface area (Å²) in [5, 5.41) is 2.98. The first-order chi connectivity index (χ1) is 20.2. The van der Waals surface area contributed by atoms with Gasteiger partial charge >= 0.3 is 12.1 Å². The van der Waals surface area contributed by atoms with E-state index in [1.165, 1.54) is 7.11 Å². The van der Waals surface area contributed by atoms with Crippen LogP contribution in [0.4, 0.5) is 4.79 Å². The van der Waals surface area contributed by atoms with Gasteiger partial charge in [-0.05, 0) is 68.1 Å². The van der Waals surface area contributed by atoms with Crippen molar-refractivity contribution in [3.63, 3.8) is 0 Å². The number of ether oxygens (including phenoxy) is 6. The van der Waals surface area contributed by atoms with Gasteiger partial charge in [0.15, 0.2) is 6.29 Å². The van der Waals surface area contributed by atoms with Gasteiger partial charge in [-0.1, -0.05) is 48.5 Å². The fourth-order valence-corrected chi connectivity index (χ4v) is 4.44. The summed E-state index contributed by atoms with van der Waals surface area (Å²) in [7, 11) is 1.51. The number of methoxy groups -OCH3 is 1. The highest BCUT2D eigenvalue weighted by Gasteiger charge is 2.22. The average molecular weight is 578 g/mol. The van der Waals surface area contributed by atoms with Crippen molar-refractivity contribution in [3.8, 4) is 11.5 Å². The average Bonchev–Trinajstić information content (AvgIpc) is 3.50. The molecule has 1 saturated heterocycles. The van der Waals surface area contributed by atoms with Gasteiger partial charge in [0.2, 0.25) is 0 Å². The molecule has 9 nitrogen and oxygen atoms in total. The molecule has 0 spiro atoms. The normalized spacial score (nSPS) is 14.2. The van der Waals surface area contributed by atoms with Crippen molar-refractivity contribution >= 4 is 12.1 Å². The fourth-order valence-electron chi connectivity index (χ4n) is 4.44. The molecule has 1 unspecified atom stereocenters. The van der Waals surface area contributed by atoms with Crippen LogP contribution < -0.4 is 14.8 Å². The van der Waals surface area contributed by atoms with E-state index in [9.17, 15) is 9.59 Å². The van der Waals surface area contributed by atoms with Crippen LogP contribution in [0.15, 0.2) is 72.8 Å². The Morgan fingerprint density at radius 1 is 0.952 bits per heavy atom. The van der Waals surface area contributed by atoms with Gasteiger partial charge in [-0.2, -0.15) is 0 Å². The van der Waals surface area contributed by atoms with Gasteiger partial charge in [-0.25, -0.2) is 9.59 Å². The van der Waals surface area contributed by atoms with Crippen LogP contribution in [0.3, 0.4) is 0 Å². The van der Waals surface area contributed by atoms with Crippen molar-refractivity contribution in [3.05, 3.63) is 95.1 Å². The first kappa shape index (κ1) is 30.9. The molecule has 3 aromatic rings. The van der Waals surface area contributed by atoms with Crippen molar-refractivity contribution in [1.82, 2.24) is 5.32 Å². The highest BCUT2D eigenvalue weighted by atomic mass is 16.7. The third-order valence-electron chi connectivity index (χ3n) is 6.38. The topological polar surface area (TPSA) is 102 Å². The lowest BCUT2D eigenvalue weighted by atomic mass is 9.98. The van der Waals surface area contributed by atoms with Crippen LogP contribution >= 0.6 is 0 Å². The Morgan fingerprint density at radius 3 is 2.40 bits per heavy atom. The molecule has 0 radical (unpaired) electrons. The van der Waals surface area contributed by atoms with Gasteiger partial charge in [-0.15, -0.1) is 0 Å². The van der Waals surface area contributed by atoms with Crippen LogP contribution in [0.5, 0.6) is 11.5 Å². The molecule has 1 atom stereocenters. The summed E-state index contributed by atoms with van der Waals surface area (Å²) in [6, 6.07) is 22.0. The van der Waals surface area contributed by atoms with E-state index in [-0.39, 0.29) is 19.5 Å². The molecule has 1 amide bonds. The van der Waals surface area contributed by atoms with Crippen molar-refractivity contribution < 1.29 is 38.0 Å². The molecule has 42 heavy (non-hydrogen) atoms. The molecule has 1 aliphatic heterocycles. The predicted molar refractivity (Wildman–Crippen MR) is 157 cm³/mol. The molecule has 4 rings (SSSR count). The van der Waals surface area contributed by atoms with Gasteiger partial charge in [-0.3, -0.25) is 0 Å². The lowest BCUT2D eigenvalue weighted by Gasteiger charge is -2.24. The van der Waals surface area contributed by atoms with Crippen LogP contribution in [0.2, 0.25) is 0 Å². The van der Waals surface area contributed by atoms with Gasteiger partial charge < -0.3 is 33.7 Å². The molecule has 3 aromatic carbocycles. The lowest BCUT2D eigenvalue weighted by Crippen LogP contribution is -2.35. The van der Waals surface area contributed by atoms with Gasteiger partial charge in [0.25, 0.3) is 0 Å². The van der Waals surface area contributed by atoms with Crippen molar-refractivity contribution in [1.29, 1.82) is 0 Å². The third-order valence-corrected chi connectivity index (χ3v) is 6.38. The minimum absolute atomic E-state index is 0.219. The number of hydrogen-bond acceptors (Lipinski definition) is 8. The van der Waals surface area contributed by atoms with Crippen LogP contribution in [0, 0.1) is 0 Å². The maximum absolute atomic E-state index is 12.7. The van der Waals surface area contributed by atoms with E-state index in [1.807, 2.05) is 75.4 Å². The molecule has 1 heterocycles. The van der Waals surface area contributed by atoms with E-state index in [1.54, 1.807) is 18.2 Å². The van der Waals surface area contributed by atoms with Crippen LogP contribution in [-0.4, -0.2) is 50.9 Å². The standard InChI is InChI=1S/C33H39NO8/c1-33(2,3)42-32(36)34-30(24-10-6-5-7-11-24)25-12-8-13-26(21-25)41-22-23-15-16-27(28(20-23)37-4)31(35)40-17-9-14-29-38-18-19-39-29/h5-8,10-13,15-16,20-21,29-30H,9,14,17-19,22H2,1-4H3,(H,34,36). The van der Waals surface area contributed by atoms with Gasteiger partial charge in [0.05, 0.1) is 33.0 Å². The zero-order valence-electron chi connectivity index (χ0n) is 24.6. The number of rotatable bonds is 12. The molecule has 1 fully saturated rings. The molecule has 0 aromatic heterocycles. The third kappa shape index (κ3) is 9.22. The zero-order valence-corrected chi connectivity index (χ0v) is 24.6. The number of carbonyl (C=O) groups excluding carboxylic acids is 2. The zero-order chi connectivity index (χ0) is 30.0. The second-order valence-corrected chi connectivity index (χ2v) is 10.8. The molecule has 0 aliphatic carbocycles. The minimum Gasteiger partial charge on any atom is -0.496 e. The van der Waals surface area contributed by atoms with Gasteiger partial charge in [0.1, 0.15) is 29.3 Å². The first-order valence-corrected chi connectivity index (χ1v) is 14.1. The molecule has 9 heteroatoms. The summed E-state index contributed by atoms with van der Waals surface area (Å²) in [5.74, 6) is 0.574. The van der Waals surface area contributed by atoms with Crippen molar-refractivity contribution in [2.24, 2.45) is 0 Å². The SMILES string of the molecule is COc1cc(COc2cccc(C(NC(=O)OC(C)(C)C)c3ccccc3)c2)ccc1C(=O)OCCCC1OCCO1. The Balaban J connectivity index is 1.39. The number of esters is 1. The largest absolute Gasteiger partial charge is 0.496 e. The lowest BCUT2D eigenvalue weighted by molar-refractivity contribution is -0.0505. The number of amides is 1. The molecular formula is C33H39NO8. The Bertz CT molecular complexity index is 1320. The Kier molecular flexibility index (Phi) is 10.8. The highest BCUT2D eigenvalue weighted by molar-refractivity contribution is 5.92. The fraction of sp³-hybridized carbons (Fsp3) is 0.394. The van der Waals surface area contributed by atoms with E-state index < -0.39 is 23.7 Å². The van der Waals surface area contributed by atoms with Crippen LogP contribution in [-0.2, 0) is 25.6 Å². The van der Waals surface area contributed by atoms with E-state index in [0.29, 0.717) is 43.1 Å². The highest BCUT2D eigenvalue weighted by Crippen LogP contribution is 2.27. The minimum atomic E-state index is -0.622. The predicted octanol–water partition coefficient (Wildman–Crippen LogP) is 6.20. The maximum Gasteiger partial charge on any atom is 0.408 e. The summed E-state index contributed by atoms with van der Waals surface area (Å²) in [6.45, 7) is 7.18. The first-order valence-electron chi connectivity index (χ1n) is 14.1. The van der Waals surface area contributed by atoms with E-state index >= 15 is 0 Å². The Hall–Kier alpha value is -4.08. The van der Waals surface area contributed by atoms with E-state index in [4.69, 9.17) is 28.4 Å². The summed E-state index contributed by atoms with van der Waals surface area (Å²) >= 11 is 0. The van der Waals surface area contributed by atoms with Crippen molar-refractivity contribution in [2.75, 3.05) is 26.9 Å². The summed E-state index contributed by atoms with van der Waals surface area (Å²) in [6.07, 6.45) is 0.585. The van der Waals surface area contributed by atoms with E-state index in [2.05, 4.69) is 5.32 Å². The molecule has 224 valence electrons. The Morgan fingerprint density at radius 2 is 1.69 bits per heavy atom. The monoisotopic (exact) mass is 577 g/mol. The maximum atomic E-state index is 12.7. The molecule has 1 aliphatic rings.